The summed E-state index contributed by atoms with van der Waals surface area (Å²) in [5.74, 6) is 0. The first-order chi connectivity index (χ1) is 8.98. The van der Waals surface area contributed by atoms with Crippen molar-refractivity contribution in [3.8, 4) is 0 Å². The van der Waals surface area contributed by atoms with Crippen molar-refractivity contribution in [2.75, 3.05) is 20.2 Å². The first-order valence-electron chi connectivity index (χ1n) is 6.22. The minimum Gasteiger partial charge on any atom is -0.391 e. The summed E-state index contributed by atoms with van der Waals surface area (Å²) < 4.78 is 31.8. The van der Waals surface area contributed by atoms with Gasteiger partial charge in [-0.3, -0.25) is 0 Å². The zero-order valence-electron chi connectivity index (χ0n) is 11.1. The highest BCUT2D eigenvalue weighted by Gasteiger charge is 2.31. The monoisotopic (exact) mass is 305 g/mol. The van der Waals surface area contributed by atoms with E-state index in [4.69, 9.17) is 9.84 Å². The van der Waals surface area contributed by atoms with Gasteiger partial charge in [0.25, 0.3) is 0 Å². The third-order valence-electron chi connectivity index (χ3n) is 3.43. The molecule has 0 saturated carbocycles. The summed E-state index contributed by atoms with van der Waals surface area (Å²) in [5, 5.41) is 9.10. The van der Waals surface area contributed by atoms with Crippen LogP contribution in [0.25, 0.3) is 0 Å². The van der Waals surface area contributed by atoms with E-state index in [-0.39, 0.29) is 12.7 Å². The molecule has 0 bridgehead atoms. The molecule has 1 aliphatic rings. The molecule has 2 rings (SSSR count). The summed E-state index contributed by atoms with van der Waals surface area (Å²) in [6.45, 7) is 2.64. The van der Waals surface area contributed by atoms with E-state index in [9.17, 15) is 8.42 Å². The van der Waals surface area contributed by atoms with E-state index in [1.807, 2.05) is 0 Å². The second-order valence-electron chi connectivity index (χ2n) is 4.63. The van der Waals surface area contributed by atoms with E-state index in [2.05, 4.69) is 0 Å². The van der Waals surface area contributed by atoms with Gasteiger partial charge in [-0.25, -0.2) is 8.42 Å². The Morgan fingerprint density at radius 3 is 2.58 bits per heavy atom. The summed E-state index contributed by atoms with van der Waals surface area (Å²) in [5.41, 5.74) is 0. The Morgan fingerprint density at radius 2 is 2.11 bits per heavy atom. The molecule has 0 amide bonds. The lowest BCUT2D eigenvalue weighted by Crippen LogP contribution is -2.40. The Labute approximate surface area is 117 Å². The van der Waals surface area contributed by atoms with Crippen molar-refractivity contribution in [3.05, 3.63) is 15.8 Å². The molecular weight excluding hydrogens is 286 g/mol. The number of rotatable bonds is 4. The fraction of sp³-hybridized carbons (Fsp3) is 0.667. The fourth-order valence-corrected chi connectivity index (χ4v) is 5.24. The maximum atomic E-state index is 12.5. The fourth-order valence-electron chi connectivity index (χ4n) is 2.31. The number of aliphatic hydroxyl groups is 1. The zero-order chi connectivity index (χ0) is 14.0. The molecule has 1 saturated heterocycles. The molecule has 0 atom stereocenters. The van der Waals surface area contributed by atoms with Crippen molar-refractivity contribution in [2.24, 2.45) is 0 Å². The van der Waals surface area contributed by atoms with Crippen molar-refractivity contribution >= 4 is 21.4 Å². The Bertz CT molecular complexity index is 530. The molecule has 1 aliphatic heterocycles. The van der Waals surface area contributed by atoms with Crippen LogP contribution in [-0.4, -0.2) is 44.1 Å². The molecule has 5 nitrogen and oxygen atoms in total. The van der Waals surface area contributed by atoms with Gasteiger partial charge in [0.2, 0.25) is 10.0 Å². The summed E-state index contributed by atoms with van der Waals surface area (Å²) in [4.78, 5) is 1.75. The van der Waals surface area contributed by atoms with E-state index in [0.717, 1.165) is 17.7 Å². The van der Waals surface area contributed by atoms with Crippen LogP contribution >= 0.6 is 11.3 Å². The number of hydrogen-bond acceptors (Lipinski definition) is 5. The highest BCUT2D eigenvalue weighted by molar-refractivity contribution is 7.89. The number of ether oxygens (including phenoxy) is 1. The molecule has 2 heterocycles. The molecule has 19 heavy (non-hydrogen) atoms. The third kappa shape index (κ3) is 3.00. The van der Waals surface area contributed by atoms with Crippen LogP contribution in [0.15, 0.2) is 11.0 Å². The van der Waals surface area contributed by atoms with Crippen LogP contribution in [0.3, 0.4) is 0 Å². The molecule has 1 aromatic rings. The number of aliphatic hydroxyl groups excluding tert-OH is 1. The van der Waals surface area contributed by atoms with Crippen LogP contribution in [0.2, 0.25) is 0 Å². The van der Waals surface area contributed by atoms with Crippen molar-refractivity contribution in [2.45, 2.75) is 37.4 Å². The zero-order valence-corrected chi connectivity index (χ0v) is 12.8. The van der Waals surface area contributed by atoms with E-state index in [0.29, 0.717) is 22.9 Å². The highest BCUT2D eigenvalue weighted by Crippen LogP contribution is 2.29. The predicted molar refractivity (Wildman–Crippen MR) is 73.8 cm³/mol. The first kappa shape index (κ1) is 14.9. The van der Waals surface area contributed by atoms with Crippen molar-refractivity contribution < 1.29 is 18.3 Å². The lowest BCUT2D eigenvalue weighted by molar-refractivity contribution is 0.0604. The summed E-state index contributed by atoms with van der Waals surface area (Å²) in [6.07, 6.45) is 1.61. The van der Waals surface area contributed by atoms with Crippen LogP contribution in [0.5, 0.6) is 0 Å². The second kappa shape index (κ2) is 5.88. The van der Waals surface area contributed by atoms with Crippen molar-refractivity contribution in [1.82, 2.24) is 4.31 Å². The third-order valence-corrected chi connectivity index (χ3v) is 6.62. The van der Waals surface area contributed by atoms with Gasteiger partial charge in [0, 0.05) is 30.0 Å². The number of methoxy groups -OCH3 is 1. The minimum absolute atomic E-state index is 0.118. The molecule has 0 aliphatic carbocycles. The van der Waals surface area contributed by atoms with Crippen LogP contribution in [0.1, 0.15) is 22.6 Å². The molecule has 1 N–H and O–H groups in total. The predicted octanol–water partition coefficient (Wildman–Crippen LogP) is 1.35. The van der Waals surface area contributed by atoms with E-state index >= 15 is 0 Å². The number of aryl methyl sites for hydroxylation is 1. The topological polar surface area (TPSA) is 66.8 Å². The maximum absolute atomic E-state index is 12.5. The van der Waals surface area contributed by atoms with Gasteiger partial charge in [0.1, 0.15) is 0 Å². The standard InChI is InChI=1S/C12H19NO4S2/c1-9-12(7-11(8-14)18-9)19(15,16)13-5-3-10(17-2)4-6-13/h7,10,14H,3-6,8H2,1-2H3. The molecule has 0 radical (unpaired) electrons. The van der Waals surface area contributed by atoms with Gasteiger partial charge in [-0.05, 0) is 25.8 Å². The molecule has 7 heteroatoms. The Hall–Kier alpha value is -0.470. The summed E-state index contributed by atoms with van der Waals surface area (Å²) in [6, 6.07) is 1.58. The van der Waals surface area contributed by atoms with E-state index < -0.39 is 10.0 Å². The van der Waals surface area contributed by atoms with E-state index in [1.54, 1.807) is 20.1 Å². The normalized spacial score (nSPS) is 18.9. The number of hydrogen-bond donors (Lipinski definition) is 1. The van der Waals surface area contributed by atoms with Crippen LogP contribution in [-0.2, 0) is 21.4 Å². The van der Waals surface area contributed by atoms with Gasteiger partial charge in [-0.2, -0.15) is 4.31 Å². The number of piperidine rings is 1. The Morgan fingerprint density at radius 1 is 1.47 bits per heavy atom. The Kier molecular flexibility index (Phi) is 4.62. The summed E-state index contributed by atoms with van der Waals surface area (Å²) >= 11 is 1.33. The van der Waals surface area contributed by atoms with Gasteiger partial charge >= 0.3 is 0 Å². The Balaban J connectivity index is 2.20. The summed E-state index contributed by atoms with van der Waals surface area (Å²) in [7, 11) is -1.78. The van der Waals surface area contributed by atoms with Crippen molar-refractivity contribution in [1.29, 1.82) is 0 Å². The quantitative estimate of drug-likeness (QED) is 0.912. The number of thiophene rings is 1. The molecule has 0 unspecified atom stereocenters. The van der Waals surface area contributed by atoms with Crippen LogP contribution < -0.4 is 0 Å². The van der Waals surface area contributed by atoms with Gasteiger partial charge < -0.3 is 9.84 Å². The lowest BCUT2D eigenvalue weighted by Gasteiger charge is -2.30. The average Bonchev–Trinajstić information content (AvgIpc) is 2.81. The van der Waals surface area contributed by atoms with Crippen molar-refractivity contribution in [3.63, 3.8) is 0 Å². The SMILES string of the molecule is COC1CCN(S(=O)(=O)c2cc(CO)sc2C)CC1. The molecular formula is C12H19NO4S2. The minimum atomic E-state index is -3.44. The van der Waals surface area contributed by atoms with Crippen LogP contribution in [0.4, 0.5) is 0 Å². The van der Waals surface area contributed by atoms with E-state index in [1.165, 1.54) is 15.6 Å². The largest absolute Gasteiger partial charge is 0.391 e. The maximum Gasteiger partial charge on any atom is 0.244 e. The van der Waals surface area contributed by atoms with Gasteiger partial charge in [-0.15, -0.1) is 11.3 Å². The molecule has 1 aromatic heterocycles. The van der Waals surface area contributed by atoms with Gasteiger partial charge in [0.05, 0.1) is 17.6 Å². The van der Waals surface area contributed by atoms with Crippen LogP contribution in [0, 0.1) is 6.92 Å². The average molecular weight is 305 g/mol. The van der Waals surface area contributed by atoms with Gasteiger partial charge in [-0.1, -0.05) is 0 Å². The lowest BCUT2D eigenvalue weighted by atomic mass is 10.1. The molecule has 108 valence electrons. The smallest absolute Gasteiger partial charge is 0.244 e. The number of nitrogens with zero attached hydrogens (tertiary/aromatic N) is 1. The highest BCUT2D eigenvalue weighted by atomic mass is 32.2. The molecule has 0 aromatic carbocycles. The molecule has 0 spiro atoms. The number of sulfonamides is 1. The van der Waals surface area contributed by atoms with Gasteiger partial charge in [0.15, 0.2) is 0 Å². The molecule has 1 fully saturated rings. The second-order valence-corrected chi connectivity index (χ2v) is 7.88. The first-order valence-corrected chi connectivity index (χ1v) is 8.47.